The lowest BCUT2D eigenvalue weighted by molar-refractivity contribution is -0.148. The Balaban J connectivity index is 1.51. The number of nitrogens with one attached hydrogen (secondary N) is 2. The molecule has 1 saturated heterocycles. The van der Waals surface area contributed by atoms with Gasteiger partial charge in [-0.1, -0.05) is 13.0 Å². The third-order valence-corrected chi connectivity index (χ3v) is 9.23. The number of anilines is 1. The maximum absolute atomic E-state index is 15.4. The topological polar surface area (TPSA) is 121 Å². The molecule has 0 spiro atoms. The van der Waals surface area contributed by atoms with Crippen LogP contribution in [0.25, 0.3) is 0 Å². The molecule has 0 radical (unpaired) electrons. The average Bonchev–Trinajstić information content (AvgIpc) is 3.08. The van der Waals surface area contributed by atoms with E-state index in [4.69, 9.17) is 4.74 Å². The van der Waals surface area contributed by atoms with Crippen LogP contribution in [-0.2, 0) is 31.5 Å². The number of benzene rings is 1. The van der Waals surface area contributed by atoms with Gasteiger partial charge in [-0.25, -0.2) is 18.2 Å². The van der Waals surface area contributed by atoms with Crippen LogP contribution in [-0.4, -0.2) is 90.6 Å². The second-order valence-corrected chi connectivity index (χ2v) is 12.7. The molecule has 0 unspecified atom stereocenters. The van der Waals surface area contributed by atoms with Crippen molar-refractivity contribution < 1.29 is 45.9 Å². The maximum Gasteiger partial charge on any atom is 0.331 e. The Labute approximate surface area is 281 Å². The van der Waals surface area contributed by atoms with E-state index in [-0.39, 0.29) is 49.1 Å². The fraction of sp³-hybridized carbons (Fsp3) is 0.559. The molecular weight excluding hydrogens is 653 g/mol. The Hall–Kier alpha value is -4.14. The van der Waals surface area contributed by atoms with Crippen molar-refractivity contribution in [3.05, 3.63) is 53.5 Å². The fourth-order valence-electron chi connectivity index (χ4n) is 6.11. The molecule has 2 atom stereocenters. The van der Waals surface area contributed by atoms with Crippen LogP contribution in [0, 0.1) is 17.7 Å². The van der Waals surface area contributed by atoms with Crippen molar-refractivity contribution in [2.75, 3.05) is 45.7 Å². The van der Waals surface area contributed by atoms with Gasteiger partial charge >= 0.3 is 5.92 Å². The van der Waals surface area contributed by atoms with Crippen molar-refractivity contribution >= 4 is 29.2 Å². The lowest BCUT2D eigenvalue weighted by Crippen LogP contribution is -2.54. The minimum Gasteiger partial charge on any atom is -0.481 e. The molecular formula is C34H42F5N5O5. The number of alkyl halides is 4. The molecule has 4 rings (SSSR count). The first kappa shape index (κ1) is 37.7. The molecule has 2 aliphatic rings. The van der Waals surface area contributed by atoms with E-state index in [9.17, 15) is 28.0 Å². The number of likely N-dealkylation sites (N-methyl/N-ethyl adjacent to an activating group) is 1. The molecule has 1 aliphatic heterocycles. The van der Waals surface area contributed by atoms with Crippen molar-refractivity contribution in [3.63, 3.8) is 0 Å². The molecule has 1 aromatic heterocycles. The van der Waals surface area contributed by atoms with Crippen molar-refractivity contribution in [3.8, 4) is 5.88 Å². The summed E-state index contributed by atoms with van der Waals surface area (Å²) in [6.07, 6.45) is -1.65. The molecule has 2 aromatic rings. The molecule has 3 amide bonds. The zero-order valence-corrected chi connectivity index (χ0v) is 27.7. The second-order valence-electron chi connectivity index (χ2n) is 12.7. The van der Waals surface area contributed by atoms with Crippen LogP contribution in [0.15, 0.2) is 36.5 Å². The molecule has 2 fully saturated rings. The summed E-state index contributed by atoms with van der Waals surface area (Å²) >= 11 is 0. The first-order valence-electron chi connectivity index (χ1n) is 16.3. The minimum absolute atomic E-state index is 0.0369. The largest absolute Gasteiger partial charge is 0.481 e. The summed E-state index contributed by atoms with van der Waals surface area (Å²) in [5.74, 6) is -13.4. The van der Waals surface area contributed by atoms with Gasteiger partial charge in [0.25, 0.3) is 0 Å². The summed E-state index contributed by atoms with van der Waals surface area (Å²) in [4.78, 5) is 59.5. The smallest absolute Gasteiger partial charge is 0.331 e. The van der Waals surface area contributed by atoms with Crippen LogP contribution in [0.3, 0.4) is 0 Å². The number of Topliss-reactive ketones (excluding diaryl/α,β-unsaturated/α-hetero) is 1. The third-order valence-electron chi connectivity index (χ3n) is 9.23. The predicted octanol–water partition coefficient (Wildman–Crippen LogP) is 4.57. The number of pyridine rings is 1. The van der Waals surface area contributed by atoms with Gasteiger partial charge in [0.15, 0.2) is 0 Å². The van der Waals surface area contributed by atoms with E-state index in [1.54, 1.807) is 11.8 Å². The van der Waals surface area contributed by atoms with Crippen LogP contribution in [0.1, 0.15) is 56.6 Å². The van der Waals surface area contributed by atoms with Crippen LogP contribution in [0.5, 0.6) is 5.88 Å². The fourth-order valence-corrected chi connectivity index (χ4v) is 6.11. The highest BCUT2D eigenvalue weighted by Gasteiger charge is 2.46. The Kier molecular flexibility index (Phi) is 12.3. The van der Waals surface area contributed by atoms with E-state index in [2.05, 4.69) is 20.5 Å². The number of piperazine rings is 1. The van der Waals surface area contributed by atoms with Crippen LogP contribution in [0.4, 0.5) is 27.6 Å². The normalized spacial score (nSPS) is 18.3. The number of carbonyl (C=O) groups excluding carboxylic acids is 4. The lowest BCUT2D eigenvalue weighted by Gasteiger charge is -2.35. The predicted molar refractivity (Wildman–Crippen MR) is 170 cm³/mol. The number of hydrogen-bond acceptors (Lipinski definition) is 7. The van der Waals surface area contributed by atoms with Crippen LogP contribution in [0.2, 0.25) is 0 Å². The van der Waals surface area contributed by atoms with E-state index in [0.717, 1.165) is 24.4 Å². The van der Waals surface area contributed by atoms with Crippen molar-refractivity contribution in [2.45, 2.75) is 69.8 Å². The van der Waals surface area contributed by atoms with Gasteiger partial charge in [-0.2, -0.15) is 8.78 Å². The lowest BCUT2D eigenvalue weighted by atomic mass is 9.75. The first-order valence-corrected chi connectivity index (χ1v) is 16.3. The van der Waals surface area contributed by atoms with Gasteiger partial charge in [-0.05, 0) is 49.6 Å². The highest BCUT2D eigenvalue weighted by molar-refractivity contribution is 5.97. The number of amides is 3. The number of aromatic nitrogens is 1. The van der Waals surface area contributed by atoms with Gasteiger partial charge in [0.1, 0.15) is 11.9 Å². The van der Waals surface area contributed by atoms with Gasteiger partial charge in [-0.3, -0.25) is 19.2 Å². The molecule has 1 aliphatic carbocycles. The summed E-state index contributed by atoms with van der Waals surface area (Å²) < 4.78 is 78.7. The molecule has 268 valence electrons. The van der Waals surface area contributed by atoms with Crippen molar-refractivity contribution in [1.82, 2.24) is 20.1 Å². The van der Waals surface area contributed by atoms with Gasteiger partial charge in [0.05, 0.1) is 12.8 Å². The summed E-state index contributed by atoms with van der Waals surface area (Å²) in [6.45, 7) is 3.91. The molecule has 0 bridgehead atoms. The molecule has 2 heterocycles. The summed E-state index contributed by atoms with van der Waals surface area (Å²) in [7, 11) is 3.23. The SMILES string of the molecule is CCC(=O)N[C@H](Cc1ccc(NC(=O)[C@@H](CC(=O)C(F)(F)c2ccc(OC)nc2)C2CCC(F)(F)CC2)c(F)c1)C(=O)N1CCN(C)CC1. The average molecular weight is 696 g/mol. The van der Waals surface area contributed by atoms with Gasteiger partial charge in [0, 0.05) is 82.0 Å². The quantitative estimate of drug-likeness (QED) is 0.295. The van der Waals surface area contributed by atoms with E-state index in [1.807, 2.05) is 7.05 Å². The Morgan fingerprint density at radius 2 is 1.73 bits per heavy atom. The number of carbonyl (C=O) groups is 4. The first-order chi connectivity index (χ1) is 23.1. The molecule has 1 saturated carbocycles. The van der Waals surface area contributed by atoms with E-state index in [1.165, 1.54) is 19.2 Å². The van der Waals surface area contributed by atoms with E-state index in [0.29, 0.717) is 31.7 Å². The Morgan fingerprint density at radius 1 is 1.06 bits per heavy atom. The minimum atomic E-state index is -4.05. The number of halogens is 5. The highest BCUT2D eigenvalue weighted by atomic mass is 19.3. The monoisotopic (exact) mass is 695 g/mol. The van der Waals surface area contributed by atoms with Crippen LogP contribution < -0.4 is 15.4 Å². The summed E-state index contributed by atoms with van der Waals surface area (Å²) in [5.41, 5.74) is -0.708. The zero-order chi connectivity index (χ0) is 35.9. The van der Waals surface area contributed by atoms with Crippen molar-refractivity contribution in [1.29, 1.82) is 0 Å². The number of nitrogens with zero attached hydrogens (tertiary/aromatic N) is 3. The van der Waals surface area contributed by atoms with E-state index >= 15 is 13.2 Å². The number of ketones is 1. The highest BCUT2D eigenvalue weighted by Crippen LogP contribution is 2.42. The van der Waals surface area contributed by atoms with Gasteiger partial charge < -0.3 is 25.2 Å². The van der Waals surface area contributed by atoms with Crippen LogP contribution >= 0.6 is 0 Å². The standard InChI is InChI=1S/C34H42F5N5O5/c1-4-29(46)41-27(32(48)44-15-13-43(2)14-16-44)18-21-5-7-26(25(35)17-21)42-31(47)24(22-9-11-33(36,37)12-10-22)19-28(45)34(38,39)23-6-8-30(49-3)40-20-23/h5-8,17,20,22,24,27H,4,9-16,18-19H2,1-3H3,(H,41,46)(H,42,47)/t24-,27+/m0/s1. The summed E-state index contributed by atoms with van der Waals surface area (Å²) in [5, 5.41) is 5.07. The molecule has 15 heteroatoms. The van der Waals surface area contributed by atoms with Crippen molar-refractivity contribution in [2.24, 2.45) is 11.8 Å². The maximum atomic E-state index is 15.4. The number of ether oxygens (including phenoxy) is 1. The van der Waals surface area contributed by atoms with Gasteiger partial charge in [0.2, 0.25) is 35.3 Å². The number of rotatable bonds is 13. The molecule has 2 N–H and O–H groups in total. The Bertz CT molecular complexity index is 1490. The Morgan fingerprint density at radius 3 is 2.31 bits per heavy atom. The number of hydrogen-bond donors (Lipinski definition) is 2. The van der Waals surface area contributed by atoms with Gasteiger partial charge in [-0.15, -0.1) is 0 Å². The zero-order valence-electron chi connectivity index (χ0n) is 27.7. The second kappa shape index (κ2) is 16.0. The van der Waals surface area contributed by atoms with E-state index < -0.39 is 72.1 Å². The third kappa shape index (κ3) is 9.73. The summed E-state index contributed by atoms with van der Waals surface area (Å²) in [6, 6.07) is 4.93. The molecule has 1 aromatic carbocycles. The number of methoxy groups -OCH3 is 1. The molecule has 49 heavy (non-hydrogen) atoms. The molecule has 10 nitrogen and oxygen atoms in total.